The van der Waals surface area contributed by atoms with E-state index in [4.69, 9.17) is 5.11 Å². The van der Waals surface area contributed by atoms with Gasteiger partial charge in [0.1, 0.15) is 11.5 Å². The molecule has 0 aliphatic rings. The molecule has 1 heterocycles. The third-order valence-corrected chi connectivity index (χ3v) is 3.53. The smallest absolute Gasteiger partial charge is 0.313 e. The van der Waals surface area contributed by atoms with Crippen molar-refractivity contribution in [1.29, 1.82) is 0 Å². The van der Waals surface area contributed by atoms with E-state index in [0.717, 1.165) is 11.8 Å². The lowest BCUT2D eigenvalue weighted by Gasteiger charge is -2.08. The van der Waals surface area contributed by atoms with Crippen molar-refractivity contribution in [2.75, 3.05) is 5.75 Å². The van der Waals surface area contributed by atoms with Crippen molar-refractivity contribution in [2.45, 2.75) is 18.6 Å². The first-order chi connectivity index (χ1) is 9.52. The van der Waals surface area contributed by atoms with E-state index in [1.807, 2.05) is 6.92 Å². The van der Waals surface area contributed by atoms with Crippen LogP contribution in [0.5, 0.6) is 11.5 Å². The summed E-state index contributed by atoms with van der Waals surface area (Å²) >= 11 is 1.05. The molecule has 1 aromatic heterocycles. The van der Waals surface area contributed by atoms with Gasteiger partial charge in [-0.25, -0.2) is 0 Å². The summed E-state index contributed by atoms with van der Waals surface area (Å²) in [5, 5.41) is 36.4. The summed E-state index contributed by atoms with van der Waals surface area (Å²) in [4.78, 5) is 10.6. The molecule has 1 aromatic carbocycles. The molecule has 0 saturated carbocycles. The maximum atomic E-state index is 10.6. The van der Waals surface area contributed by atoms with E-state index in [1.165, 1.54) is 18.2 Å². The van der Waals surface area contributed by atoms with Gasteiger partial charge in [0.25, 0.3) is 0 Å². The monoisotopic (exact) mass is 295 g/mol. The van der Waals surface area contributed by atoms with Crippen LogP contribution in [0.1, 0.15) is 6.92 Å². The van der Waals surface area contributed by atoms with Crippen LogP contribution in [0, 0.1) is 0 Å². The van der Waals surface area contributed by atoms with Crippen LogP contribution in [0.15, 0.2) is 23.4 Å². The number of phenolic OH excluding ortho intramolecular Hbond substituents is 2. The maximum absolute atomic E-state index is 10.6. The Morgan fingerprint density at radius 3 is 2.75 bits per heavy atom. The average Bonchev–Trinajstić information content (AvgIpc) is 2.81. The van der Waals surface area contributed by atoms with Crippen LogP contribution in [0.25, 0.3) is 11.4 Å². The molecule has 0 amide bonds. The highest BCUT2D eigenvalue weighted by atomic mass is 32.2. The van der Waals surface area contributed by atoms with Crippen LogP contribution in [0.4, 0.5) is 0 Å². The van der Waals surface area contributed by atoms with Gasteiger partial charge >= 0.3 is 5.97 Å². The summed E-state index contributed by atoms with van der Waals surface area (Å²) in [7, 11) is 0. The SMILES string of the molecule is CCn1c(SCC(=O)O)nnc1-c1cc(O)ccc1O. The fraction of sp³-hybridized carbons (Fsp3) is 0.250. The van der Waals surface area contributed by atoms with Crippen molar-refractivity contribution >= 4 is 17.7 Å². The number of aliphatic carboxylic acids is 1. The predicted molar refractivity (Wildman–Crippen MR) is 72.8 cm³/mol. The number of rotatable bonds is 5. The predicted octanol–water partition coefficient (Wildman–Crippen LogP) is 1.55. The van der Waals surface area contributed by atoms with Crippen LogP contribution in [0.2, 0.25) is 0 Å². The van der Waals surface area contributed by atoms with E-state index >= 15 is 0 Å². The highest BCUT2D eigenvalue weighted by molar-refractivity contribution is 7.99. The molecule has 0 unspecified atom stereocenters. The van der Waals surface area contributed by atoms with Gasteiger partial charge in [-0.1, -0.05) is 11.8 Å². The molecule has 0 radical (unpaired) electrons. The molecule has 106 valence electrons. The van der Waals surface area contributed by atoms with Gasteiger partial charge in [-0.2, -0.15) is 0 Å². The molecule has 0 aliphatic carbocycles. The highest BCUT2D eigenvalue weighted by Crippen LogP contribution is 2.32. The zero-order chi connectivity index (χ0) is 14.7. The fourth-order valence-corrected chi connectivity index (χ4v) is 2.43. The minimum Gasteiger partial charge on any atom is -0.508 e. The fourth-order valence-electron chi connectivity index (χ4n) is 1.71. The molecule has 3 N–H and O–H groups in total. The van der Waals surface area contributed by atoms with Crippen LogP contribution in [0.3, 0.4) is 0 Å². The number of carboxylic acids is 1. The van der Waals surface area contributed by atoms with Crippen LogP contribution >= 0.6 is 11.8 Å². The molecule has 0 bridgehead atoms. The Balaban J connectivity index is 2.42. The zero-order valence-corrected chi connectivity index (χ0v) is 11.5. The van der Waals surface area contributed by atoms with Crippen LogP contribution in [-0.4, -0.2) is 41.8 Å². The minimum absolute atomic E-state index is 0.00296. The van der Waals surface area contributed by atoms with Gasteiger partial charge in [0, 0.05) is 6.54 Å². The van der Waals surface area contributed by atoms with Gasteiger partial charge in [0.2, 0.25) is 0 Å². The second-order valence-corrected chi connectivity index (χ2v) is 4.88. The Labute approximate surface area is 118 Å². The lowest BCUT2D eigenvalue weighted by atomic mass is 10.2. The largest absolute Gasteiger partial charge is 0.508 e. The van der Waals surface area contributed by atoms with Gasteiger partial charge in [-0.3, -0.25) is 4.79 Å². The van der Waals surface area contributed by atoms with E-state index in [1.54, 1.807) is 4.57 Å². The summed E-state index contributed by atoms with van der Waals surface area (Å²) in [5.74, 6) is -0.705. The molecule has 0 atom stereocenters. The zero-order valence-electron chi connectivity index (χ0n) is 10.6. The molecule has 0 saturated heterocycles. The van der Waals surface area contributed by atoms with Crippen LogP contribution < -0.4 is 0 Å². The third-order valence-electron chi connectivity index (χ3n) is 2.58. The van der Waals surface area contributed by atoms with Gasteiger partial charge in [-0.15, -0.1) is 10.2 Å². The van der Waals surface area contributed by atoms with Crippen molar-refractivity contribution in [1.82, 2.24) is 14.8 Å². The van der Waals surface area contributed by atoms with Crippen molar-refractivity contribution in [2.24, 2.45) is 0 Å². The summed E-state index contributed by atoms with van der Waals surface area (Å²) in [6.45, 7) is 2.37. The molecular weight excluding hydrogens is 282 g/mol. The number of phenols is 2. The molecule has 8 heteroatoms. The quantitative estimate of drug-likeness (QED) is 0.567. The number of nitrogens with zero attached hydrogens (tertiary/aromatic N) is 3. The van der Waals surface area contributed by atoms with Crippen molar-refractivity contribution in [3.63, 3.8) is 0 Å². The van der Waals surface area contributed by atoms with Crippen molar-refractivity contribution in [3.05, 3.63) is 18.2 Å². The first-order valence-electron chi connectivity index (χ1n) is 5.83. The normalized spacial score (nSPS) is 10.7. The number of hydrogen-bond donors (Lipinski definition) is 3. The standard InChI is InChI=1S/C12H13N3O4S/c1-2-15-11(8-5-7(16)3-4-9(8)17)13-14-12(15)20-6-10(18)19/h3-5,16-17H,2,6H2,1H3,(H,18,19). The van der Waals surface area contributed by atoms with Gasteiger partial charge < -0.3 is 19.9 Å². The Bertz CT molecular complexity index is 642. The van der Waals surface area contributed by atoms with Gasteiger partial charge in [0.05, 0.1) is 11.3 Å². The molecule has 2 rings (SSSR count). The summed E-state index contributed by atoms with van der Waals surface area (Å²) in [5.41, 5.74) is 0.349. The Kier molecular flexibility index (Phi) is 4.14. The number of aromatic hydroxyl groups is 2. The molecular formula is C12H13N3O4S. The summed E-state index contributed by atoms with van der Waals surface area (Å²) < 4.78 is 1.68. The number of carboxylic acid groups (broad SMARTS) is 1. The molecule has 0 fully saturated rings. The third kappa shape index (κ3) is 2.85. The number of benzene rings is 1. The van der Waals surface area contributed by atoms with E-state index < -0.39 is 5.97 Å². The second-order valence-electron chi connectivity index (χ2n) is 3.93. The Hall–Kier alpha value is -2.22. The molecule has 7 nitrogen and oxygen atoms in total. The van der Waals surface area contributed by atoms with Crippen LogP contribution in [-0.2, 0) is 11.3 Å². The number of aromatic nitrogens is 3. The number of thioether (sulfide) groups is 1. The Morgan fingerprint density at radius 2 is 2.10 bits per heavy atom. The highest BCUT2D eigenvalue weighted by Gasteiger charge is 2.17. The van der Waals surface area contributed by atoms with Gasteiger partial charge in [0.15, 0.2) is 11.0 Å². The lowest BCUT2D eigenvalue weighted by Crippen LogP contribution is -2.03. The number of hydrogen-bond acceptors (Lipinski definition) is 6. The average molecular weight is 295 g/mol. The van der Waals surface area contributed by atoms with E-state index in [2.05, 4.69) is 10.2 Å². The molecule has 0 spiro atoms. The van der Waals surface area contributed by atoms with E-state index in [9.17, 15) is 15.0 Å². The van der Waals surface area contributed by atoms with Gasteiger partial charge in [-0.05, 0) is 25.1 Å². The van der Waals surface area contributed by atoms with Crippen molar-refractivity contribution < 1.29 is 20.1 Å². The topological polar surface area (TPSA) is 108 Å². The molecule has 2 aromatic rings. The second kappa shape index (κ2) is 5.83. The molecule has 20 heavy (non-hydrogen) atoms. The maximum Gasteiger partial charge on any atom is 0.313 e. The molecule has 0 aliphatic heterocycles. The lowest BCUT2D eigenvalue weighted by molar-refractivity contribution is -0.133. The summed E-state index contributed by atoms with van der Waals surface area (Å²) in [6.07, 6.45) is 0. The van der Waals surface area contributed by atoms with E-state index in [-0.39, 0.29) is 17.3 Å². The van der Waals surface area contributed by atoms with E-state index in [0.29, 0.717) is 23.1 Å². The first-order valence-corrected chi connectivity index (χ1v) is 6.81. The minimum atomic E-state index is -0.942. The Morgan fingerprint density at radius 1 is 1.35 bits per heavy atom. The van der Waals surface area contributed by atoms with Crippen molar-refractivity contribution in [3.8, 4) is 22.9 Å². The summed E-state index contributed by atoms with van der Waals surface area (Å²) in [6, 6.07) is 4.12. The number of carbonyl (C=O) groups is 1. The first kappa shape index (κ1) is 14.2.